The molecule has 1 fully saturated rings. The van der Waals surface area contributed by atoms with Crippen LogP contribution in [0.15, 0.2) is 42.5 Å². The fourth-order valence-electron chi connectivity index (χ4n) is 2.66. The van der Waals surface area contributed by atoms with Crippen LogP contribution < -0.4 is 10.2 Å². The third-order valence-corrected chi connectivity index (χ3v) is 4.24. The molecule has 0 aliphatic carbocycles. The highest BCUT2D eigenvalue weighted by molar-refractivity contribution is 6.30. The van der Waals surface area contributed by atoms with Gasteiger partial charge in [0.25, 0.3) is 0 Å². The van der Waals surface area contributed by atoms with Crippen LogP contribution in [0.25, 0.3) is 0 Å². The average Bonchev–Trinajstić information content (AvgIpc) is 2.92. The molecule has 3 amide bonds. The van der Waals surface area contributed by atoms with E-state index < -0.39 is 0 Å². The second-order valence-corrected chi connectivity index (χ2v) is 6.28. The fourth-order valence-corrected chi connectivity index (χ4v) is 2.84. The minimum absolute atomic E-state index is 0.0919. The molecule has 1 heterocycles. The predicted octanol–water partition coefficient (Wildman–Crippen LogP) is 3.67. The minimum atomic E-state index is -0.387. The molecule has 0 unspecified atom stereocenters. The van der Waals surface area contributed by atoms with E-state index in [9.17, 15) is 14.0 Å². The van der Waals surface area contributed by atoms with Crippen LogP contribution in [0.5, 0.6) is 0 Å². The molecule has 1 aliphatic rings. The molecule has 2 aromatic carbocycles. The van der Waals surface area contributed by atoms with Crippen LogP contribution in [0.3, 0.4) is 0 Å². The van der Waals surface area contributed by atoms with Crippen LogP contribution in [-0.2, 0) is 4.79 Å². The molecular weight excluding hydrogens is 345 g/mol. The second-order valence-electron chi connectivity index (χ2n) is 5.85. The summed E-state index contributed by atoms with van der Waals surface area (Å²) in [5.41, 5.74) is 1.57. The molecule has 1 aliphatic heterocycles. The van der Waals surface area contributed by atoms with E-state index in [1.165, 1.54) is 11.0 Å². The van der Waals surface area contributed by atoms with Gasteiger partial charge in [0, 0.05) is 29.5 Å². The van der Waals surface area contributed by atoms with Crippen molar-refractivity contribution in [3.8, 4) is 0 Å². The number of hydrogen-bond acceptors (Lipinski definition) is 2. The summed E-state index contributed by atoms with van der Waals surface area (Å²) in [6.45, 7) is 2.46. The van der Waals surface area contributed by atoms with E-state index in [1.54, 1.807) is 48.2 Å². The number of carbonyl (C=O) groups excluding carboxylic acids is 2. The Bertz CT molecular complexity index is 828. The van der Waals surface area contributed by atoms with Crippen LogP contribution in [0.4, 0.5) is 20.6 Å². The van der Waals surface area contributed by atoms with Crippen LogP contribution in [0, 0.1) is 12.7 Å². The smallest absolute Gasteiger partial charge is 0.324 e. The Labute approximate surface area is 150 Å². The maximum Gasteiger partial charge on any atom is 0.325 e. The highest BCUT2D eigenvalue weighted by Crippen LogP contribution is 2.23. The molecule has 0 atom stereocenters. The van der Waals surface area contributed by atoms with Crippen molar-refractivity contribution in [3.05, 3.63) is 58.9 Å². The number of carbonyl (C=O) groups is 2. The van der Waals surface area contributed by atoms with Gasteiger partial charge in [-0.1, -0.05) is 23.7 Å². The lowest BCUT2D eigenvalue weighted by atomic mass is 10.2. The summed E-state index contributed by atoms with van der Waals surface area (Å²) in [4.78, 5) is 27.6. The second kappa shape index (κ2) is 7.11. The Morgan fingerprint density at radius 2 is 2.04 bits per heavy atom. The van der Waals surface area contributed by atoms with Gasteiger partial charge in [-0.2, -0.15) is 0 Å². The average molecular weight is 362 g/mol. The van der Waals surface area contributed by atoms with E-state index in [0.717, 1.165) is 0 Å². The maximum atomic E-state index is 13.5. The zero-order chi connectivity index (χ0) is 18.0. The Hall–Kier alpha value is -2.60. The molecule has 0 saturated carbocycles. The van der Waals surface area contributed by atoms with E-state index in [-0.39, 0.29) is 24.3 Å². The Balaban J connectivity index is 1.62. The first kappa shape index (κ1) is 17.2. The maximum absolute atomic E-state index is 13.5. The predicted molar refractivity (Wildman–Crippen MR) is 95.5 cm³/mol. The first-order valence-electron chi connectivity index (χ1n) is 7.82. The number of halogens is 2. The van der Waals surface area contributed by atoms with Crippen molar-refractivity contribution in [3.63, 3.8) is 0 Å². The quantitative estimate of drug-likeness (QED) is 0.903. The van der Waals surface area contributed by atoms with Gasteiger partial charge in [0.05, 0.1) is 0 Å². The van der Waals surface area contributed by atoms with E-state index in [0.29, 0.717) is 35.1 Å². The van der Waals surface area contributed by atoms with Gasteiger partial charge in [-0.05, 0) is 42.8 Å². The molecule has 3 rings (SSSR count). The normalized spacial score (nSPS) is 14.1. The molecule has 1 saturated heterocycles. The van der Waals surface area contributed by atoms with Crippen molar-refractivity contribution in [1.29, 1.82) is 0 Å². The van der Waals surface area contributed by atoms with E-state index in [1.807, 2.05) is 0 Å². The number of hydrogen-bond donors (Lipinski definition) is 1. The van der Waals surface area contributed by atoms with Gasteiger partial charge < -0.3 is 10.2 Å². The highest BCUT2D eigenvalue weighted by atomic mass is 35.5. The molecule has 25 heavy (non-hydrogen) atoms. The topological polar surface area (TPSA) is 52.7 Å². The molecule has 0 radical (unpaired) electrons. The van der Waals surface area contributed by atoms with E-state index in [2.05, 4.69) is 5.32 Å². The minimum Gasteiger partial charge on any atom is -0.324 e. The third-order valence-electron chi connectivity index (χ3n) is 4.00. The molecular formula is C18H17ClFN3O2. The molecule has 1 N–H and O–H groups in total. The van der Waals surface area contributed by atoms with Crippen molar-refractivity contribution in [1.82, 2.24) is 4.90 Å². The summed E-state index contributed by atoms with van der Waals surface area (Å²) in [5.74, 6) is -0.758. The standard InChI is InChI=1S/C18H17ClFN3O2/c1-12-5-6-14(10-16(12)20)21-17(24)11-22-7-8-23(18(22)25)15-4-2-3-13(19)9-15/h2-6,9-10H,7-8,11H2,1H3,(H,21,24). The zero-order valence-corrected chi connectivity index (χ0v) is 14.4. The summed E-state index contributed by atoms with van der Waals surface area (Å²) in [6, 6.07) is 11.2. The molecule has 0 spiro atoms. The van der Waals surface area contributed by atoms with Crippen molar-refractivity contribution in [2.24, 2.45) is 0 Å². The number of rotatable bonds is 4. The number of amides is 3. The van der Waals surface area contributed by atoms with E-state index >= 15 is 0 Å². The lowest BCUT2D eigenvalue weighted by molar-refractivity contribution is -0.116. The number of aryl methyl sites for hydroxylation is 1. The molecule has 0 aromatic heterocycles. The van der Waals surface area contributed by atoms with Gasteiger partial charge in [-0.15, -0.1) is 0 Å². The number of anilines is 2. The summed E-state index contributed by atoms with van der Waals surface area (Å²) < 4.78 is 13.5. The molecule has 0 bridgehead atoms. The van der Waals surface area contributed by atoms with E-state index in [4.69, 9.17) is 11.6 Å². The lowest BCUT2D eigenvalue weighted by Gasteiger charge is -2.18. The zero-order valence-electron chi connectivity index (χ0n) is 13.6. The van der Waals surface area contributed by atoms with Crippen molar-refractivity contribution in [2.45, 2.75) is 6.92 Å². The van der Waals surface area contributed by atoms with Crippen LogP contribution >= 0.6 is 11.6 Å². The number of urea groups is 1. The number of nitrogens with zero attached hydrogens (tertiary/aromatic N) is 2. The van der Waals surface area contributed by atoms with Gasteiger partial charge in [0.15, 0.2) is 0 Å². The third kappa shape index (κ3) is 3.91. The van der Waals surface area contributed by atoms with Crippen molar-refractivity contribution in [2.75, 3.05) is 29.9 Å². The summed E-state index contributed by atoms with van der Waals surface area (Å²) in [5, 5.41) is 3.15. The van der Waals surface area contributed by atoms with Gasteiger partial charge in [0.2, 0.25) is 5.91 Å². The molecule has 7 heteroatoms. The van der Waals surface area contributed by atoms with Crippen molar-refractivity contribution >= 4 is 34.9 Å². The summed E-state index contributed by atoms with van der Waals surface area (Å²) >= 11 is 5.96. The van der Waals surface area contributed by atoms with Crippen molar-refractivity contribution < 1.29 is 14.0 Å². The molecule has 5 nitrogen and oxygen atoms in total. The Kier molecular flexibility index (Phi) is 4.90. The Morgan fingerprint density at radius 3 is 2.76 bits per heavy atom. The first-order valence-corrected chi connectivity index (χ1v) is 8.20. The Morgan fingerprint density at radius 1 is 1.24 bits per heavy atom. The molecule has 130 valence electrons. The monoisotopic (exact) mass is 361 g/mol. The van der Waals surface area contributed by atoms with Gasteiger partial charge in [-0.25, -0.2) is 9.18 Å². The van der Waals surface area contributed by atoms with Crippen LogP contribution in [-0.4, -0.2) is 36.5 Å². The fraction of sp³-hybridized carbons (Fsp3) is 0.222. The van der Waals surface area contributed by atoms with Gasteiger partial charge in [0.1, 0.15) is 12.4 Å². The molecule has 2 aromatic rings. The SMILES string of the molecule is Cc1ccc(NC(=O)CN2CCN(c3cccc(Cl)c3)C2=O)cc1F. The lowest BCUT2D eigenvalue weighted by Crippen LogP contribution is -2.37. The first-order chi connectivity index (χ1) is 11.9. The van der Waals surface area contributed by atoms with Crippen LogP contribution in [0.1, 0.15) is 5.56 Å². The highest BCUT2D eigenvalue weighted by Gasteiger charge is 2.30. The number of benzene rings is 2. The number of nitrogens with one attached hydrogen (secondary N) is 1. The summed E-state index contributed by atoms with van der Waals surface area (Å²) in [6.07, 6.45) is 0. The van der Waals surface area contributed by atoms with Gasteiger partial charge >= 0.3 is 6.03 Å². The van der Waals surface area contributed by atoms with Gasteiger partial charge in [-0.3, -0.25) is 9.69 Å². The van der Waals surface area contributed by atoms with Crippen LogP contribution in [0.2, 0.25) is 5.02 Å². The summed E-state index contributed by atoms with van der Waals surface area (Å²) in [7, 11) is 0. The largest absolute Gasteiger partial charge is 0.325 e.